The molecule has 0 aliphatic carbocycles. The lowest BCUT2D eigenvalue weighted by Gasteiger charge is -2.38. The summed E-state index contributed by atoms with van der Waals surface area (Å²) in [5, 5.41) is 0. The van der Waals surface area contributed by atoms with Crippen LogP contribution >= 0.6 is 0 Å². The van der Waals surface area contributed by atoms with E-state index < -0.39 is 11.7 Å². The summed E-state index contributed by atoms with van der Waals surface area (Å²) in [6.07, 6.45) is 3.83. The first-order chi connectivity index (χ1) is 11.5. The van der Waals surface area contributed by atoms with Crippen LogP contribution in [0.5, 0.6) is 0 Å². The second kappa shape index (κ2) is 5.92. The van der Waals surface area contributed by atoms with Crippen LogP contribution in [0, 0.1) is 0 Å². The molecule has 3 heterocycles. The highest BCUT2D eigenvalue weighted by Gasteiger charge is 2.36. The fourth-order valence-electron chi connectivity index (χ4n) is 4.22. The van der Waals surface area contributed by atoms with Crippen molar-refractivity contribution < 1.29 is 13.2 Å². The number of rotatable bonds is 2. The molecule has 1 aromatic carbocycles. The highest BCUT2D eigenvalue weighted by molar-refractivity contribution is 5.57. The molecule has 2 aliphatic heterocycles. The Kier molecular flexibility index (Phi) is 3.87. The first-order valence-corrected chi connectivity index (χ1v) is 8.48. The van der Waals surface area contributed by atoms with Gasteiger partial charge in [-0.25, -0.2) is 4.98 Å². The van der Waals surface area contributed by atoms with Crippen molar-refractivity contribution in [1.29, 1.82) is 0 Å². The summed E-state index contributed by atoms with van der Waals surface area (Å²) in [5.41, 5.74) is -0.0920. The topological polar surface area (TPSA) is 21.1 Å². The van der Waals surface area contributed by atoms with E-state index in [2.05, 4.69) is 14.5 Å². The Balaban J connectivity index is 1.70. The van der Waals surface area contributed by atoms with Gasteiger partial charge < -0.3 is 4.57 Å². The van der Waals surface area contributed by atoms with E-state index in [1.807, 2.05) is 6.20 Å². The van der Waals surface area contributed by atoms with Gasteiger partial charge in [-0.1, -0.05) is 12.1 Å². The van der Waals surface area contributed by atoms with Crippen molar-refractivity contribution in [2.75, 3.05) is 13.1 Å². The minimum Gasteiger partial charge on any atom is -0.326 e. The monoisotopic (exact) mass is 335 g/mol. The Labute approximate surface area is 139 Å². The Hall–Kier alpha value is -1.82. The minimum atomic E-state index is -4.33. The quantitative estimate of drug-likeness (QED) is 0.813. The van der Waals surface area contributed by atoms with Crippen molar-refractivity contribution in [3.05, 3.63) is 42.2 Å². The molecule has 0 N–H and O–H groups in total. The van der Waals surface area contributed by atoms with Gasteiger partial charge in [-0.15, -0.1) is 0 Å². The van der Waals surface area contributed by atoms with Gasteiger partial charge in [-0.3, -0.25) is 4.90 Å². The smallest absolute Gasteiger partial charge is 0.326 e. The maximum atomic E-state index is 13.0. The fourth-order valence-corrected chi connectivity index (χ4v) is 4.22. The van der Waals surface area contributed by atoms with Gasteiger partial charge in [0, 0.05) is 24.0 Å². The molecule has 2 aromatic rings. The summed E-state index contributed by atoms with van der Waals surface area (Å²) in [7, 11) is 0. The number of hydrogen-bond donors (Lipinski definition) is 0. The predicted octanol–water partition coefficient (Wildman–Crippen LogP) is 4.37. The van der Waals surface area contributed by atoms with Crippen molar-refractivity contribution in [2.24, 2.45) is 0 Å². The summed E-state index contributed by atoms with van der Waals surface area (Å²) in [6.45, 7) is 2.27. The van der Waals surface area contributed by atoms with Gasteiger partial charge in [0.2, 0.25) is 0 Å². The van der Waals surface area contributed by atoms with Crippen LogP contribution in [0.15, 0.2) is 36.7 Å². The van der Waals surface area contributed by atoms with Gasteiger partial charge in [0.15, 0.2) is 0 Å². The lowest BCUT2D eigenvalue weighted by atomic mass is 9.95. The molecule has 2 fully saturated rings. The molecular weight excluding hydrogens is 315 g/mol. The summed E-state index contributed by atoms with van der Waals surface area (Å²) >= 11 is 0. The maximum absolute atomic E-state index is 13.0. The van der Waals surface area contributed by atoms with Crippen molar-refractivity contribution in [3.8, 4) is 11.4 Å². The van der Waals surface area contributed by atoms with Crippen LogP contribution in [-0.2, 0) is 6.18 Å². The third kappa shape index (κ3) is 2.73. The zero-order chi connectivity index (χ0) is 16.7. The first kappa shape index (κ1) is 15.7. The average Bonchev–Trinajstić information content (AvgIpc) is 3.23. The highest BCUT2D eigenvalue weighted by atomic mass is 19.4. The number of nitrogens with zero attached hydrogens (tertiary/aromatic N) is 3. The van der Waals surface area contributed by atoms with E-state index in [9.17, 15) is 13.2 Å². The van der Waals surface area contributed by atoms with Crippen LogP contribution in [-0.4, -0.2) is 33.6 Å². The molecule has 1 aromatic heterocycles. The third-order valence-electron chi connectivity index (χ3n) is 5.28. The molecule has 3 nitrogen and oxygen atoms in total. The molecule has 0 unspecified atom stereocenters. The fraction of sp³-hybridized carbons (Fsp3) is 0.500. The maximum Gasteiger partial charge on any atom is 0.416 e. The number of alkyl halides is 3. The predicted molar refractivity (Wildman–Crippen MR) is 85.5 cm³/mol. The van der Waals surface area contributed by atoms with Crippen LogP contribution in [0.1, 0.15) is 37.3 Å². The summed E-state index contributed by atoms with van der Waals surface area (Å²) in [5.74, 6) is 0.639. The standard InChI is InChI=1S/C18H20F3N3/c19-18(20,21)14-5-1-4-13(12-14)17-22-8-11-24(17)16-7-3-10-23-9-2-6-15(16)23/h1,4-5,8,11-12,15-16H,2-3,6-7,9-10H2/t15-,16-/m1/s1. The van der Waals surface area contributed by atoms with Crippen LogP contribution in [0.2, 0.25) is 0 Å². The molecule has 6 heteroatoms. The average molecular weight is 335 g/mol. The van der Waals surface area contributed by atoms with E-state index in [-0.39, 0.29) is 0 Å². The lowest BCUT2D eigenvalue weighted by Crippen LogP contribution is -2.41. The van der Waals surface area contributed by atoms with Crippen LogP contribution in [0.4, 0.5) is 13.2 Å². The third-order valence-corrected chi connectivity index (χ3v) is 5.28. The molecule has 2 atom stereocenters. The zero-order valence-corrected chi connectivity index (χ0v) is 13.3. The molecule has 2 aliphatic rings. The number of benzene rings is 1. The Morgan fingerprint density at radius 3 is 2.54 bits per heavy atom. The van der Waals surface area contributed by atoms with Crippen LogP contribution in [0.25, 0.3) is 11.4 Å². The minimum absolute atomic E-state index is 0.299. The van der Waals surface area contributed by atoms with Crippen LogP contribution < -0.4 is 0 Å². The first-order valence-electron chi connectivity index (χ1n) is 8.48. The van der Waals surface area contributed by atoms with Crippen molar-refractivity contribution in [1.82, 2.24) is 14.5 Å². The summed E-state index contributed by atoms with van der Waals surface area (Å²) < 4.78 is 41.1. The van der Waals surface area contributed by atoms with E-state index in [0.29, 0.717) is 23.5 Å². The van der Waals surface area contributed by atoms with Gasteiger partial charge in [0.05, 0.1) is 11.6 Å². The number of fused-ring (bicyclic) bond motifs is 1. The molecule has 128 valence electrons. The van der Waals surface area contributed by atoms with E-state index in [4.69, 9.17) is 0 Å². The normalized spacial score (nSPS) is 25.0. The largest absolute Gasteiger partial charge is 0.416 e. The van der Waals surface area contributed by atoms with Gasteiger partial charge in [0.25, 0.3) is 0 Å². The van der Waals surface area contributed by atoms with Crippen molar-refractivity contribution in [2.45, 2.75) is 43.9 Å². The molecule has 0 saturated carbocycles. The number of imidazole rings is 1. The van der Waals surface area contributed by atoms with E-state index in [1.165, 1.54) is 18.6 Å². The Morgan fingerprint density at radius 2 is 1.79 bits per heavy atom. The summed E-state index contributed by atoms with van der Waals surface area (Å²) in [4.78, 5) is 6.89. The Bertz CT molecular complexity index is 722. The lowest BCUT2D eigenvalue weighted by molar-refractivity contribution is -0.137. The van der Waals surface area contributed by atoms with Crippen LogP contribution in [0.3, 0.4) is 0 Å². The molecule has 4 rings (SSSR count). The zero-order valence-electron chi connectivity index (χ0n) is 13.3. The van der Waals surface area contributed by atoms with Crippen molar-refractivity contribution >= 4 is 0 Å². The van der Waals surface area contributed by atoms with E-state index in [0.717, 1.165) is 38.4 Å². The second-order valence-electron chi connectivity index (χ2n) is 6.69. The molecular formula is C18H20F3N3. The Morgan fingerprint density at radius 1 is 1.04 bits per heavy atom. The molecule has 0 spiro atoms. The number of piperidine rings is 1. The molecule has 0 amide bonds. The van der Waals surface area contributed by atoms with Gasteiger partial charge >= 0.3 is 6.18 Å². The van der Waals surface area contributed by atoms with Gasteiger partial charge in [-0.05, 0) is 50.9 Å². The molecule has 24 heavy (non-hydrogen) atoms. The molecule has 0 radical (unpaired) electrons. The van der Waals surface area contributed by atoms with Gasteiger partial charge in [-0.2, -0.15) is 13.2 Å². The second-order valence-corrected chi connectivity index (χ2v) is 6.69. The molecule has 0 bridgehead atoms. The van der Waals surface area contributed by atoms with E-state index in [1.54, 1.807) is 12.3 Å². The SMILES string of the molecule is FC(F)(F)c1cccc(-c2nccn2[C@@H]2CCCN3CCC[C@H]23)c1. The number of aromatic nitrogens is 2. The summed E-state index contributed by atoms with van der Waals surface area (Å²) in [6, 6.07) is 6.26. The number of hydrogen-bond acceptors (Lipinski definition) is 2. The highest BCUT2D eigenvalue weighted by Crippen LogP contribution is 2.38. The van der Waals surface area contributed by atoms with Crippen molar-refractivity contribution in [3.63, 3.8) is 0 Å². The van der Waals surface area contributed by atoms with E-state index >= 15 is 0 Å². The van der Waals surface area contributed by atoms with Gasteiger partial charge in [0.1, 0.15) is 5.82 Å². The molecule has 2 saturated heterocycles. The number of halogens is 3.